The third-order valence-electron chi connectivity index (χ3n) is 3.16. The van der Waals surface area contributed by atoms with Crippen LogP contribution in [0.4, 0.5) is 25.8 Å². The lowest BCUT2D eigenvalue weighted by molar-refractivity contribution is -0.0294. The molecule has 1 amide bonds. The maximum atomic E-state index is 11.3. The molecular formula is C27H40N2O7. The Balaban J connectivity index is 0.000000541. The van der Waals surface area contributed by atoms with Crippen molar-refractivity contribution in [2.24, 2.45) is 0 Å². The summed E-state index contributed by atoms with van der Waals surface area (Å²) in [5, 5.41) is 2.64. The molecule has 0 aromatic heterocycles. The standard InChI is InChI=1S/C11H15NO2.C10H18O5.C6H7N/c1-11(2,3)14-10(13)12-9-7-5-4-6-8-9;1-9(2,3)14-7(11)13-8(12)15-10(4,5)6;7-6-4-2-1-3-5-6/h4-8H,1-3H3,(H,12,13);1-6H3;1-5H,7H2. The number of amides is 1. The first-order valence-corrected chi connectivity index (χ1v) is 11.4. The van der Waals surface area contributed by atoms with E-state index in [-0.39, 0.29) is 0 Å². The maximum absolute atomic E-state index is 11.3. The van der Waals surface area contributed by atoms with Crippen molar-refractivity contribution in [2.45, 2.75) is 79.1 Å². The second-order valence-corrected chi connectivity index (χ2v) is 10.4. The van der Waals surface area contributed by atoms with Gasteiger partial charge in [0.25, 0.3) is 0 Å². The van der Waals surface area contributed by atoms with Crippen LogP contribution in [0.3, 0.4) is 0 Å². The number of hydrogen-bond donors (Lipinski definition) is 2. The van der Waals surface area contributed by atoms with E-state index in [1.54, 1.807) is 41.5 Å². The molecule has 0 spiro atoms. The van der Waals surface area contributed by atoms with Crippen molar-refractivity contribution in [3.63, 3.8) is 0 Å². The van der Waals surface area contributed by atoms with Crippen LogP contribution in [0.5, 0.6) is 0 Å². The van der Waals surface area contributed by atoms with Crippen LogP contribution < -0.4 is 11.1 Å². The molecule has 0 aliphatic heterocycles. The van der Waals surface area contributed by atoms with E-state index in [2.05, 4.69) is 10.1 Å². The number of ether oxygens (including phenoxy) is 4. The zero-order valence-electron chi connectivity index (χ0n) is 22.7. The van der Waals surface area contributed by atoms with Crippen LogP contribution in [-0.2, 0) is 18.9 Å². The zero-order chi connectivity index (χ0) is 28.0. The normalized spacial score (nSPS) is 10.8. The molecule has 0 saturated heterocycles. The van der Waals surface area contributed by atoms with Gasteiger partial charge in [0.15, 0.2) is 0 Å². The van der Waals surface area contributed by atoms with Crippen molar-refractivity contribution >= 4 is 29.8 Å². The number of carbonyl (C=O) groups is 3. The third-order valence-corrected chi connectivity index (χ3v) is 3.16. The largest absolute Gasteiger partial charge is 0.519 e. The summed E-state index contributed by atoms with van der Waals surface area (Å²) in [5.74, 6) is 0. The van der Waals surface area contributed by atoms with Gasteiger partial charge in [0.05, 0.1) is 0 Å². The average molecular weight is 505 g/mol. The van der Waals surface area contributed by atoms with Crippen molar-refractivity contribution in [1.82, 2.24) is 0 Å². The maximum Gasteiger partial charge on any atom is 0.519 e. The van der Waals surface area contributed by atoms with Crippen LogP contribution in [-0.4, -0.2) is 35.2 Å². The van der Waals surface area contributed by atoms with E-state index < -0.39 is 35.2 Å². The van der Waals surface area contributed by atoms with Gasteiger partial charge in [-0.2, -0.15) is 0 Å². The molecule has 0 saturated carbocycles. The predicted octanol–water partition coefficient (Wildman–Crippen LogP) is 7.18. The molecule has 0 atom stereocenters. The summed E-state index contributed by atoms with van der Waals surface area (Å²) in [6, 6.07) is 18.7. The van der Waals surface area contributed by atoms with Gasteiger partial charge in [-0.05, 0) is 86.6 Å². The third kappa shape index (κ3) is 20.8. The van der Waals surface area contributed by atoms with Crippen molar-refractivity contribution in [1.29, 1.82) is 0 Å². The fourth-order valence-electron chi connectivity index (χ4n) is 2.01. The molecular weight excluding hydrogens is 464 g/mol. The summed E-state index contributed by atoms with van der Waals surface area (Å²) in [6.45, 7) is 15.5. The van der Waals surface area contributed by atoms with Gasteiger partial charge < -0.3 is 24.7 Å². The number of rotatable bonds is 1. The Morgan fingerprint density at radius 1 is 0.611 bits per heavy atom. The lowest BCUT2D eigenvalue weighted by atomic mass is 10.2. The highest BCUT2D eigenvalue weighted by Crippen LogP contribution is 2.12. The van der Waals surface area contributed by atoms with Crippen molar-refractivity contribution in [2.75, 3.05) is 11.1 Å². The van der Waals surface area contributed by atoms with E-state index in [0.717, 1.165) is 11.4 Å². The summed E-state index contributed by atoms with van der Waals surface area (Å²) in [7, 11) is 0. The van der Waals surface area contributed by atoms with Gasteiger partial charge in [0.2, 0.25) is 0 Å². The molecule has 0 aliphatic rings. The molecule has 0 unspecified atom stereocenters. The van der Waals surface area contributed by atoms with Gasteiger partial charge in [-0.1, -0.05) is 36.4 Å². The molecule has 200 valence electrons. The van der Waals surface area contributed by atoms with E-state index in [4.69, 9.17) is 19.9 Å². The van der Waals surface area contributed by atoms with Crippen molar-refractivity contribution < 1.29 is 33.3 Å². The number of hydrogen-bond acceptors (Lipinski definition) is 8. The fraction of sp³-hybridized carbons (Fsp3) is 0.444. The molecule has 2 rings (SSSR count). The summed E-state index contributed by atoms with van der Waals surface area (Å²) in [4.78, 5) is 33.3. The smallest absolute Gasteiger partial charge is 0.444 e. The van der Waals surface area contributed by atoms with Gasteiger partial charge >= 0.3 is 18.4 Å². The Bertz CT molecular complexity index is 901. The Morgan fingerprint density at radius 3 is 1.28 bits per heavy atom. The highest BCUT2D eigenvalue weighted by molar-refractivity contribution is 5.84. The van der Waals surface area contributed by atoms with E-state index in [1.807, 2.05) is 81.4 Å². The molecule has 3 N–H and O–H groups in total. The quantitative estimate of drug-likeness (QED) is 0.181. The van der Waals surface area contributed by atoms with E-state index in [9.17, 15) is 14.4 Å². The number of benzene rings is 2. The number of nitrogens with two attached hydrogens (primary N) is 1. The van der Waals surface area contributed by atoms with Crippen molar-refractivity contribution in [3.8, 4) is 0 Å². The van der Waals surface area contributed by atoms with Gasteiger partial charge in [-0.3, -0.25) is 5.32 Å². The molecule has 0 aliphatic carbocycles. The first kappa shape index (κ1) is 32.2. The molecule has 0 bridgehead atoms. The van der Waals surface area contributed by atoms with Gasteiger partial charge in [0.1, 0.15) is 16.8 Å². The minimum atomic E-state index is -1.06. The fourth-order valence-corrected chi connectivity index (χ4v) is 2.01. The van der Waals surface area contributed by atoms with Crippen LogP contribution in [0, 0.1) is 0 Å². The highest BCUT2D eigenvalue weighted by atomic mass is 16.8. The number of para-hydroxylation sites is 2. The SMILES string of the molecule is CC(C)(C)OC(=O)Nc1ccccc1.CC(C)(C)OC(=O)OC(=O)OC(C)(C)C.Nc1ccccc1. The lowest BCUT2D eigenvalue weighted by Gasteiger charge is -2.20. The van der Waals surface area contributed by atoms with Crippen LogP contribution in [0.15, 0.2) is 60.7 Å². The van der Waals surface area contributed by atoms with Gasteiger partial charge in [-0.15, -0.1) is 0 Å². The molecule has 0 fully saturated rings. The van der Waals surface area contributed by atoms with Crippen LogP contribution in [0.1, 0.15) is 62.3 Å². The topological polar surface area (TPSA) is 126 Å². The Hall–Kier alpha value is -3.75. The van der Waals surface area contributed by atoms with Gasteiger partial charge in [-0.25, -0.2) is 14.4 Å². The second-order valence-electron chi connectivity index (χ2n) is 10.4. The molecule has 36 heavy (non-hydrogen) atoms. The summed E-state index contributed by atoms with van der Waals surface area (Å²) in [6.07, 6.45) is -2.54. The molecule has 9 nitrogen and oxygen atoms in total. The number of nitrogens with one attached hydrogen (secondary N) is 1. The van der Waals surface area contributed by atoms with E-state index in [1.165, 1.54) is 0 Å². The highest BCUT2D eigenvalue weighted by Gasteiger charge is 2.24. The minimum Gasteiger partial charge on any atom is -0.444 e. The predicted molar refractivity (Wildman–Crippen MR) is 141 cm³/mol. The minimum absolute atomic E-state index is 0.427. The Morgan fingerprint density at radius 2 is 0.972 bits per heavy atom. The summed E-state index contributed by atoms with van der Waals surface area (Å²) >= 11 is 0. The molecule has 2 aromatic carbocycles. The average Bonchev–Trinajstić information content (AvgIpc) is 2.65. The van der Waals surface area contributed by atoms with Gasteiger partial charge in [0, 0.05) is 11.4 Å². The zero-order valence-corrected chi connectivity index (χ0v) is 22.7. The van der Waals surface area contributed by atoms with Crippen LogP contribution >= 0.6 is 0 Å². The van der Waals surface area contributed by atoms with E-state index in [0.29, 0.717) is 0 Å². The van der Waals surface area contributed by atoms with E-state index >= 15 is 0 Å². The summed E-state index contributed by atoms with van der Waals surface area (Å²) < 4.78 is 18.9. The summed E-state index contributed by atoms with van der Waals surface area (Å²) in [5.41, 5.74) is 5.07. The Labute approximate surface area is 214 Å². The number of nitrogen functional groups attached to an aromatic ring is 1. The lowest BCUT2D eigenvalue weighted by Crippen LogP contribution is -2.29. The van der Waals surface area contributed by atoms with Crippen molar-refractivity contribution in [3.05, 3.63) is 60.7 Å². The molecule has 0 heterocycles. The number of anilines is 2. The monoisotopic (exact) mass is 504 g/mol. The first-order valence-electron chi connectivity index (χ1n) is 11.4. The molecule has 9 heteroatoms. The molecule has 2 aromatic rings. The second kappa shape index (κ2) is 14.6. The Kier molecular flexibility index (Phi) is 13.1. The number of carbonyl (C=O) groups excluding carboxylic acids is 3. The van der Waals surface area contributed by atoms with Crippen LogP contribution in [0.25, 0.3) is 0 Å². The first-order chi connectivity index (χ1) is 16.4. The molecule has 0 radical (unpaired) electrons. The van der Waals surface area contributed by atoms with Crippen LogP contribution in [0.2, 0.25) is 0 Å².